The molecular formula is C21H35N5O8. The van der Waals surface area contributed by atoms with Crippen molar-refractivity contribution in [1.29, 1.82) is 0 Å². The van der Waals surface area contributed by atoms with Crippen LogP contribution in [0.1, 0.15) is 41.0 Å². The number of β-lactam (4-membered cyclic amide) rings is 1. The lowest BCUT2D eigenvalue weighted by Gasteiger charge is -2.59. The first kappa shape index (κ1) is 26.1. The standard InChI is InChI=1S/C21H35N5O8/c1-10(27)12(14(22)29)24-7-20(16(24)31)6-21(26(8-20)18(33)34-19(3,4)5)9-25(17(21)32)13(11(2)28)15(23)30/h10-13,17,27-28,32H,6-9H2,1-5H3,(H2,22,29)(H2,23,30)/t10-,11-,12+,13+,17?,20?,21?/m1/s1. The molecule has 0 aromatic heterocycles. The van der Waals surface area contributed by atoms with Gasteiger partial charge in [0.1, 0.15) is 23.9 Å². The van der Waals surface area contributed by atoms with Crippen molar-refractivity contribution in [3.05, 3.63) is 0 Å². The Hall–Kier alpha value is -2.48. The van der Waals surface area contributed by atoms with Crippen LogP contribution in [0.5, 0.6) is 0 Å². The Balaban J connectivity index is 1.92. The number of nitrogens with two attached hydrogens (primary N) is 2. The van der Waals surface area contributed by atoms with Gasteiger partial charge in [-0.15, -0.1) is 0 Å². The van der Waals surface area contributed by atoms with Gasteiger partial charge in [0.2, 0.25) is 17.7 Å². The van der Waals surface area contributed by atoms with Gasteiger partial charge in [-0.2, -0.15) is 0 Å². The van der Waals surface area contributed by atoms with E-state index in [0.717, 1.165) is 0 Å². The van der Waals surface area contributed by atoms with Crippen LogP contribution in [0.3, 0.4) is 0 Å². The Morgan fingerprint density at radius 1 is 1.03 bits per heavy atom. The Morgan fingerprint density at radius 3 is 1.94 bits per heavy atom. The van der Waals surface area contributed by atoms with Gasteiger partial charge >= 0.3 is 6.09 Å². The van der Waals surface area contributed by atoms with E-state index in [4.69, 9.17) is 16.2 Å². The number of rotatable bonds is 6. The smallest absolute Gasteiger partial charge is 0.410 e. The quantitative estimate of drug-likeness (QED) is 0.248. The molecule has 34 heavy (non-hydrogen) atoms. The van der Waals surface area contributed by atoms with Gasteiger partial charge in [0.05, 0.1) is 23.2 Å². The molecule has 0 saturated carbocycles. The molecule has 3 rings (SSSR count). The van der Waals surface area contributed by atoms with Gasteiger partial charge < -0.3 is 36.4 Å². The number of aliphatic hydroxyl groups is 3. The van der Waals surface area contributed by atoms with Crippen LogP contribution in [0.2, 0.25) is 0 Å². The third kappa shape index (κ3) is 4.00. The van der Waals surface area contributed by atoms with Crippen molar-refractivity contribution in [3.63, 3.8) is 0 Å². The van der Waals surface area contributed by atoms with Crippen LogP contribution < -0.4 is 11.5 Å². The molecule has 7 atom stereocenters. The summed E-state index contributed by atoms with van der Waals surface area (Å²) in [5.74, 6) is -2.17. The maximum Gasteiger partial charge on any atom is 0.410 e. The average molecular weight is 486 g/mol. The van der Waals surface area contributed by atoms with E-state index in [1.807, 2.05) is 0 Å². The second kappa shape index (κ2) is 8.33. The van der Waals surface area contributed by atoms with Crippen LogP contribution >= 0.6 is 0 Å². The summed E-state index contributed by atoms with van der Waals surface area (Å²) < 4.78 is 5.52. The molecule has 4 amide bonds. The van der Waals surface area contributed by atoms with Crippen LogP contribution in [0, 0.1) is 5.41 Å². The first-order valence-electron chi connectivity index (χ1n) is 11.2. The van der Waals surface area contributed by atoms with Crippen LogP contribution in [-0.4, -0.2) is 115 Å². The highest BCUT2D eigenvalue weighted by atomic mass is 16.6. The molecule has 13 nitrogen and oxygen atoms in total. The number of carbonyl (C=O) groups excluding carboxylic acids is 4. The lowest BCUT2D eigenvalue weighted by atomic mass is 9.69. The molecule has 3 saturated heterocycles. The second-order valence-electron chi connectivity index (χ2n) is 10.8. The molecule has 13 heteroatoms. The first-order chi connectivity index (χ1) is 15.5. The summed E-state index contributed by atoms with van der Waals surface area (Å²) in [5.41, 5.74) is 7.53. The van der Waals surface area contributed by atoms with E-state index in [2.05, 4.69) is 0 Å². The number of aliphatic hydroxyl groups excluding tert-OH is 3. The van der Waals surface area contributed by atoms with Crippen LogP contribution in [0.4, 0.5) is 4.79 Å². The van der Waals surface area contributed by atoms with Crippen molar-refractivity contribution in [2.75, 3.05) is 19.6 Å². The third-order valence-electron chi connectivity index (χ3n) is 6.89. The van der Waals surface area contributed by atoms with Crippen LogP contribution in [-0.2, 0) is 19.1 Å². The number of amides is 4. The second-order valence-corrected chi connectivity index (χ2v) is 10.8. The molecule has 7 N–H and O–H groups in total. The van der Waals surface area contributed by atoms with Gasteiger partial charge in [0, 0.05) is 19.6 Å². The minimum atomic E-state index is -1.41. The van der Waals surface area contributed by atoms with Crippen molar-refractivity contribution >= 4 is 23.8 Å². The minimum absolute atomic E-state index is 0.0306. The molecule has 0 aromatic carbocycles. The number of ether oxygens (including phenoxy) is 1. The molecule has 3 unspecified atom stereocenters. The SMILES string of the molecule is C[C@@H](O)[C@@H](C(N)=O)N1CC2(CN(C(=O)OC(C)(C)C)C3(CN([C@H](C(N)=O)[C@@H](C)O)C3O)C2)C1=O. The molecule has 3 fully saturated rings. The fourth-order valence-corrected chi connectivity index (χ4v) is 5.55. The van der Waals surface area contributed by atoms with Crippen molar-refractivity contribution < 1.29 is 39.2 Å². The first-order valence-corrected chi connectivity index (χ1v) is 11.2. The maximum absolute atomic E-state index is 13.3. The van der Waals surface area contributed by atoms with E-state index in [9.17, 15) is 34.5 Å². The maximum atomic E-state index is 13.3. The molecule has 2 spiro atoms. The Bertz CT molecular complexity index is 889. The lowest BCUT2D eigenvalue weighted by Crippen LogP contribution is -2.79. The number of primary amides is 2. The number of carbonyl (C=O) groups is 4. The summed E-state index contributed by atoms with van der Waals surface area (Å²) >= 11 is 0. The third-order valence-corrected chi connectivity index (χ3v) is 6.89. The van der Waals surface area contributed by atoms with Gasteiger partial charge in [-0.3, -0.25) is 24.2 Å². The molecule has 0 aromatic rings. The van der Waals surface area contributed by atoms with E-state index >= 15 is 0 Å². The summed E-state index contributed by atoms with van der Waals surface area (Å²) in [6.07, 6.45) is -4.50. The molecule has 0 radical (unpaired) electrons. The summed E-state index contributed by atoms with van der Waals surface area (Å²) in [5, 5.41) is 31.1. The van der Waals surface area contributed by atoms with Crippen LogP contribution in [0.25, 0.3) is 0 Å². The summed E-state index contributed by atoms with van der Waals surface area (Å²) in [7, 11) is 0. The molecular weight excluding hydrogens is 450 g/mol. The van der Waals surface area contributed by atoms with E-state index in [1.54, 1.807) is 20.8 Å². The highest BCUT2D eigenvalue weighted by Crippen LogP contribution is 2.55. The van der Waals surface area contributed by atoms with Gasteiger partial charge in [0.15, 0.2) is 0 Å². The zero-order valence-electron chi connectivity index (χ0n) is 20.1. The van der Waals surface area contributed by atoms with Crippen molar-refractivity contribution in [2.24, 2.45) is 16.9 Å². The normalized spacial score (nSPS) is 32.7. The van der Waals surface area contributed by atoms with Gasteiger partial charge in [0.25, 0.3) is 0 Å². The predicted molar refractivity (Wildman–Crippen MR) is 116 cm³/mol. The number of hydrogen-bond acceptors (Lipinski definition) is 9. The predicted octanol–water partition coefficient (Wildman–Crippen LogP) is -2.70. The summed E-state index contributed by atoms with van der Waals surface area (Å²) in [6, 6.07) is -2.41. The molecule has 192 valence electrons. The molecule has 0 aliphatic carbocycles. The monoisotopic (exact) mass is 485 g/mol. The van der Waals surface area contributed by atoms with Crippen molar-refractivity contribution in [3.8, 4) is 0 Å². The van der Waals surface area contributed by atoms with E-state index in [-0.39, 0.29) is 26.1 Å². The minimum Gasteiger partial charge on any atom is -0.444 e. The summed E-state index contributed by atoms with van der Waals surface area (Å²) in [6.45, 7) is 7.67. The number of nitrogens with zero attached hydrogens (tertiary/aromatic N) is 3. The zero-order valence-corrected chi connectivity index (χ0v) is 20.1. The highest BCUT2D eigenvalue weighted by Gasteiger charge is 2.73. The topological polar surface area (TPSA) is 200 Å². The van der Waals surface area contributed by atoms with Crippen LogP contribution in [0.15, 0.2) is 0 Å². The zero-order chi connectivity index (χ0) is 26.0. The largest absolute Gasteiger partial charge is 0.444 e. The van der Waals surface area contributed by atoms with E-state index < -0.39 is 70.9 Å². The van der Waals surface area contributed by atoms with Crippen molar-refractivity contribution in [1.82, 2.24) is 14.7 Å². The summed E-state index contributed by atoms with van der Waals surface area (Å²) in [4.78, 5) is 53.8. The van der Waals surface area contributed by atoms with Gasteiger partial charge in [-0.25, -0.2) is 4.79 Å². The Kier molecular flexibility index (Phi) is 6.40. The fraction of sp³-hybridized carbons (Fsp3) is 0.810. The Morgan fingerprint density at radius 2 is 1.56 bits per heavy atom. The molecule has 3 aliphatic rings. The molecule has 0 bridgehead atoms. The van der Waals surface area contributed by atoms with Crippen molar-refractivity contribution in [2.45, 2.75) is 82.7 Å². The highest BCUT2D eigenvalue weighted by molar-refractivity contribution is 5.95. The molecule has 3 aliphatic heterocycles. The fourth-order valence-electron chi connectivity index (χ4n) is 5.55. The van der Waals surface area contributed by atoms with Gasteiger partial charge in [-0.1, -0.05) is 0 Å². The molecule has 3 heterocycles. The van der Waals surface area contributed by atoms with E-state index in [1.165, 1.54) is 28.5 Å². The Labute approximate surface area is 197 Å². The lowest BCUT2D eigenvalue weighted by molar-refractivity contribution is -0.217. The number of likely N-dealkylation sites (tertiary alicyclic amines) is 3. The van der Waals surface area contributed by atoms with E-state index in [0.29, 0.717) is 0 Å². The average Bonchev–Trinajstić information content (AvgIpc) is 3.04. The van der Waals surface area contributed by atoms with Gasteiger partial charge in [-0.05, 0) is 41.0 Å². The number of hydrogen-bond donors (Lipinski definition) is 5.